The average molecular weight is 189 g/mol. The lowest BCUT2D eigenvalue weighted by Gasteiger charge is -2.36. The Morgan fingerprint density at radius 2 is 1.42 bits per heavy atom. The van der Waals surface area contributed by atoms with Gasteiger partial charge in [-0.15, -0.1) is 0 Å². The summed E-state index contributed by atoms with van der Waals surface area (Å²) in [5.74, 6) is 0. The molecule has 0 heterocycles. The Bertz CT molecular complexity index is 176. The molecule has 1 N–H and O–H groups in total. The Kier molecular flexibility index (Phi) is 3.26. The predicted molar refractivity (Wildman–Crippen MR) is 55.4 cm³/mol. The second kappa shape index (κ2) is 3.30. The predicted octanol–water partition coefficient (Wildman–Crippen LogP) is 2.85. The third kappa shape index (κ3) is 3.07. The smallest absolute Gasteiger partial charge is 0.109 e. The van der Waals surface area contributed by atoms with Crippen LogP contribution in [0.25, 0.3) is 0 Å². The molecular weight excluding hydrogens is 170 g/mol. The number of hydroxylamine groups is 2. The summed E-state index contributed by atoms with van der Waals surface area (Å²) in [4.78, 5) is 0.579. The summed E-state index contributed by atoms with van der Waals surface area (Å²) in [5.41, 5.74) is -0.471. The Morgan fingerprint density at radius 3 is 1.50 bits per heavy atom. The molecule has 0 spiro atoms. The van der Waals surface area contributed by atoms with Crippen LogP contribution in [0.15, 0.2) is 0 Å². The van der Waals surface area contributed by atoms with Gasteiger partial charge in [0.25, 0.3) is 0 Å². The van der Waals surface area contributed by atoms with Gasteiger partial charge >= 0.3 is 0 Å². The van der Waals surface area contributed by atoms with Crippen LogP contribution in [-0.2, 0) is 0 Å². The Morgan fingerprint density at radius 1 is 1.08 bits per heavy atom. The van der Waals surface area contributed by atoms with E-state index in [9.17, 15) is 5.21 Å². The largest absolute Gasteiger partial charge is 0.287 e. The average Bonchev–Trinajstić information content (AvgIpc) is 1.80. The third-order valence-corrected chi connectivity index (χ3v) is 2.25. The van der Waals surface area contributed by atoms with Gasteiger partial charge < -0.3 is 0 Å². The van der Waals surface area contributed by atoms with Crippen molar-refractivity contribution in [2.45, 2.75) is 47.1 Å². The SMILES string of the molecule is CC(C)(C)C(=S)N(O)C(C)(C)C. The van der Waals surface area contributed by atoms with Gasteiger partial charge in [-0.2, -0.15) is 0 Å². The fourth-order valence-electron chi connectivity index (χ4n) is 0.622. The van der Waals surface area contributed by atoms with Crippen molar-refractivity contribution in [2.24, 2.45) is 5.41 Å². The molecule has 0 bridgehead atoms. The molecule has 0 aromatic heterocycles. The minimum atomic E-state index is -0.315. The van der Waals surface area contributed by atoms with Crippen molar-refractivity contribution in [1.82, 2.24) is 5.06 Å². The zero-order valence-electron chi connectivity index (χ0n) is 8.80. The lowest BCUT2D eigenvalue weighted by molar-refractivity contribution is -0.0888. The van der Waals surface area contributed by atoms with Gasteiger partial charge in [0.05, 0.1) is 5.54 Å². The quantitative estimate of drug-likeness (QED) is 0.468. The number of hydrogen-bond donors (Lipinski definition) is 1. The summed E-state index contributed by atoms with van der Waals surface area (Å²) in [6, 6.07) is 0. The molecule has 2 nitrogen and oxygen atoms in total. The summed E-state index contributed by atoms with van der Waals surface area (Å²) in [5, 5.41) is 10.9. The Hall–Kier alpha value is -0.150. The first-order chi connectivity index (χ1) is 5.07. The van der Waals surface area contributed by atoms with Gasteiger partial charge in [-0.25, -0.2) is 5.06 Å². The van der Waals surface area contributed by atoms with Gasteiger partial charge in [-0.1, -0.05) is 33.0 Å². The summed E-state index contributed by atoms with van der Waals surface area (Å²) in [7, 11) is 0. The van der Waals surface area contributed by atoms with Crippen molar-refractivity contribution in [3.63, 3.8) is 0 Å². The van der Waals surface area contributed by atoms with Crippen molar-refractivity contribution in [1.29, 1.82) is 0 Å². The molecule has 3 heteroatoms. The van der Waals surface area contributed by atoms with E-state index in [-0.39, 0.29) is 11.0 Å². The highest BCUT2D eigenvalue weighted by Crippen LogP contribution is 2.23. The van der Waals surface area contributed by atoms with Crippen LogP contribution < -0.4 is 0 Å². The van der Waals surface area contributed by atoms with Gasteiger partial charge in [0, 0.05) is 5.41 Å². The lowest BCUT2D eigenvalue weighted by Crippen LogP contribution is -2.46. The highest BCUT2D eigenvalue weighted by atomic mass is 32.1. The minimum Gasteiger partial charge on any atom is -0.287 e. The van der Waals surface area contributed by atoms with Gasteiger partial charge in [-0.3, -0.25) is 5.21 Å². The van der Waals surface area contributed by atoms with Crippen molar-refractivity contribution < 1.29 is 5.21 Å². The molecule has 0 fully saturated rings. The van der Waals surface area contributed by atoms with Crippen molar-refractivity contribution >= 4 is 17.2 Å². The zero-order chi connectivity index (χ0) is 10.2. The van der Waals surface area contributed by atoms with Gasteiger partial charge in [0.1, 0.15) is 4.99 Å². The zero-order valence-corrected chi connectivity index (χ0v) is 9.62. The molecule has 0 saturated heterocycles. The summed E-state index contributed by atoms with van der Waals surface area (Å²) >= 11 is 5.14. The number of hydrogen-bond acceptors (Lipinski definition) is 2. The molecule has 0 aliphatic heterocycles. The number of nitrogens with zero attached hydrogens (tertiary/aromatic N) is 1. The number of thiocarbonyl (C=S) groups is 1. The van der Waals surface area contributed by atoms with E-state index in [1.807, 2.05) is 41.5 Å². The monoisotopic (exact) mass is 189 g/mol. The molecule has 0 radical (unpaired) electrons. The van der Waals surface area contributed by atoms with Crippen molar-refractivity contribution in [2.75, 3.05) is 0 Å². The van der Waals surface area contributed by atoms with E-state index in [4.69, 9.17) is 12.2 Å². The van der Waals surface area contributed by atoms with Crippen LogP contribution in [-0.4, -0.2) is 20.8 Å². The van der Waals surface area contributed by atoms with Crippen LogP contribution in [0, 0.1) is 5.41 Å². The van der Waals surface area contributed by atoms with E-state index in [2.05, 4.69) is 0 Å². The maximum absolute atomic E-state index is 9.68. The highest BCUT2D eigenvalue weighted by molar-refractivity contribution is 7.80. The van der Waals surface area contributed by atoms with E-state index in [0.29, 0.717) is 4.99 Å². The van der Waals surface area contributed by atoms with Crippen LogP contribution in [0.5, 0.6) is 0 Å². The van der Waals surface area contributed by atoms with Crippen LogP contribution in [0.2, 0.25) is 0 Å². The standard InChI is InChI=1S/C9H19NOS/c1-8(2,3)7(12)10(11)9(4,5)6/h11H,1-6H3. The maximum atomic E-state index is 9.68. The van der Waals surface area contributed by atoms with Gasteiger partial charge in [0.15, 0.2) is 0 Å². The molecule has 12 heavy (non-hydrogen) atoms. The number of rotatable bonds is 0. The van der Waals surface area contributed by atoms with Crippen molar-refractivity contribution in [3.8, 4) is 0 Å². The Labute approximate surface area is 80.5 Å². The van der Waals surface area contributed by atoms with E-state index >= 15 is 0 Å². The lowest BCUT2D eigenvalue weighted by atomic mass is 9.94. The molecule has 0 aliphatic rings. The molecular formula is C9H19NOS. The molecule has 0 unspecified atom stereocenters. The molecule has 72 valence electrons. The summed E-state index contributed by atoms with van der Waals surface area (Å²) in [6.45, 7) is 11.7. The van der Waals surface area contributed by atoms with E-state index in [1.165, 1.54) is 5.06 Å². The van der Waals surface area contributed by atoms with Crippen LogP contribution >= 0.6 is 12.2 Å². The van der Waals surface area contributed by atoms with Crippen LogP contribution in [0.1, 0.15) is 41.5 Å². The molecule has 0 saturated carbocycles. The van der Waals surface area contributed by atoms with Gasteiger partial charge in [-0.05, 0) is 20.8 Å². The van der Waals surface area contributed by atoms with Crippen molar-refractivity contribution in [3.05, 3.63) is 0 Å². The topological polar surface area (TPSA) is 23.5 Å². The first-order valence-corrected chi connectivity index (χ1v) is 4.51. The van der Waals surface area contributed by atoms with Crippen LogP contribution in [0.3, 0.4) is 0 Å². The Balaban J connectivity index is 4.53. The van der Waals surface area contributed by atoms with Crippen LogP contribution in [0.4, 0.5) is 0 Å². The molecule has 0 aromatic carbocycles. The molecule has 0 atom stereocenters. The van der Waals surface area contributed by atoms with E-state index in [1.54, 1.807) is 0 Å². The first kappa shape index (κ1) is 11.8. The second-order valence-corrected chi connectivity index (χ2v) is 5.42. The molecule has 0 amide bonds. The summed E-state index contributed by atoms with van der Waals surface area (Å²) < 4.78 is 0. The van der Waals surface area contributed by atoms with E-state index < -0.39 is 0 Å². The summed E-state index contributed by atoms with van der Waals surface area (Å²) in [6.07, 6.45) is 0. The molecule has 0 aromatic rings. The van der Waals surface area contributed by atoms with E-state index in [0.717, 1.165) is 0 Å². The minimum absolute atomic E-state index is 0.155. The first-order valence-electron chi connectivity index (χ1n) is 4.10. The molecule has 0 rings (SSSR count). The third-order valence-electron chi connectivity index (χ3n) is 1.47. The van der Waals surface area contributed by atoms with Gasteiger partial charge in [0.2, 0.25) is 0 Å². The fraction of sp³-hybridized carbons (Fsp3) is 0.889. The maximum Gasteiger partial charge on any atom is 0.109 e. The highest BCUT2D eigenvalue weighted by Gasteiger charge is 2.29. The second-order valence-electron chi connectivity index (χ2n) is 5.04. The fourth-order valence-corrected chi connectivity index (χ4v) is 0.896. The molecule has 0 aliphatic carbocycles. The normalized spacial score (nSPS) is 12.9.